The van der Waals surface area contributed by atoms with Crippen LogP contribution in [0.4, 0.5) is 0 Å². The molecule has 6 heteroatoms. The highest BCUT2D eigenvalue weighted by molar-refractivity contribution is 7.71. The molecular weight excluding hydrogens is 238 g/mol. The van der Waals surface area contributed by atoms with E-state index in [9.17, 15) is 4.79 Å². The van der Waals surface area contributed by atoms with Gasteiger partial charge in [0.1, 0.15) is 5.56 Å². The minimum Gasteiger partial charge on any atom is -0.409 e. The van der Waals surface area contributed by atoms with E-state index in [-0.39, 0.29) is 16.3 Å². The Labute approximate surface area is 103 Å². The molecule has 0 saturated heterocycles. The first kappa shape index (κ1) is 11.8. The maximum atomic E-state index is 12.1. The number of rotatable bonds is 3. The molecule has 2 aromatic rings. The topological polar surface area (TPSA) is 63.8 Å². The Balaban J connectivity index is 2.49. The molecule has 0 amide bonds. The van der Waals surface area contributed by atoms with Crippen molar-refractivity contribution >= 4 is 12.2 Å². The Morgan fingerprint density at radius 2 is 2.35 bits per heavy atom. The molecule has 0 aliphatic rings. The summed E-state index contributed by atoms with van der Waals surface area (Å²) in [6.45, 7) is 4.77. The lowest BCUT2D eigenvalue weighted by atomic mass is 10.2. The zero-order chi connectivity index (χ0) is 12.4. The van der Waals surface area contributed by atoms with Gasteiger partial charge in [-0.1, -0.05) is 13.8 Å². The molecule has 17 heavy (non-hydrogen) atoms. The van der Waals surface area contributed by atoms with Crippen molar-refractivity contribution in [2.24, 2.45) is 5.92 Å². The van der Waals surface area contributed by atoms with Crippen molar-refractivity contribution in [3.05, 3.63) is 33.5 Å². The normalized spacial score (nSPS) is 11.0. The summed E-state index contributed by atoms with van der Waals surface area (Å²) in [5.74, 6) is 0.631. The summed E-state index contributed by atoms with van der Waals surface area (Å²) in [4.78, 5) is 12.3. The average Bonchev–Trinajstić information content (AvgIpc) is 2.67. The molecule has 0 aliphatic carbocycles. The summed E-state index contributed by atoms with van der Waals surface area (Å²) < 4.78 is 6.79. The molecule has 0 bridgehead atoms. The van der Waals surface area contributed by atoms with E-state index in [2.05, 4.69) is 24.0 Å². The first-order valence-corrected chi connectivity index (χ1v) is 5.74. The van der Waals surface area contributed by atoms with Gasteiger partial charge in [0, 0.05) is 12.7 Å². The Morgan fingerprint density at radius 3 is 2.94 bits per heavy atom. The van der Waals surface area contributed by atoms with Crippen molar-refractivity contribution in [1.29, 1.82) is 0 Å². The van der Waals surface area contributed by atoms with Gasteiger partial charge in [-0.15, -0.1) is 5.10 Å². The second-order valence-corrected chi connectivity index (χ2v) is 4.56. The molecule has 0 radical (unpaired) electrons. The molecule has 0 saturated carbocycles. The largest absolute Gasteiger partial charge is 0.409 e. The number of pyridine rings is 1. The molecule has 0 aromatic carbocycles. The van der Waals surface area contributed by atoms with E-state index >= 15 is 0 Å². The monoisotopic (exact) mass is 251 g/mol. The molecule has 2 heterocycles. The minimum absolute atomic E-state index is 0.119. The fraction of sp³-hybridized carbons (Fsp3) is 0.364. The van der Waals surface area contributed by atoms with Crippen LogP contribution < -0.4 is 5.56 Å². The maximum Gasteiger partial charge on any atom is 0.284 e. The molecule has 0 fully saturated rings. The summed E-state index contributed by atoms with van der Waals surface area (Å²) in [5.41, 5.74) is 0.298. The van der Waals surface area contributed by atoms with E-state index in [1.807, 2.05) is 0 Å². The third-order valence-electron chi connectivity index (χ3n) is 2.25. The van der Waals surface area contributed by atoms with Crippen LogP contribution in [-0.4, -0.2) is 14.8 Å². The van der Waals surface area contributed by atoms with Crippen molar-refractivity contribution in [3.63, 3.8) is 0 Å². The van der Waals surface area contributed by atoms with Crippen LogP contribution in [0, 0.1) is 10.8 Å². The molecule has 2 aromatic heterocycles. The predicted octanol–water partition coefficient (Wildman–Crippen LogP) is 2.22. The molecule has 0 spiro atoms. The van der Waals surface area contributed by atoms with Crippen LogP contribution >= 0.6 is 12.2 Å². The molecule has 0 atom stereocenters. The zero-order valence-electron chi connectivity index (χ0n) is 9.64. The number of H-pyrrole nitrogens is 1. The Bertz CT molecular complexity index is 624. The minimum atomic E-state index is -0.119. The highest BCUT2D eigenvalue weighted by atomic mass is 32.1. The lowest BCUT2D eigenvalue weighted by Crippen LogP contribution is -2.23. The second-order valence-electron chi connectivity index (χ2n) is 4.19. The SMILES string of the molecule is CC(C)Cn1cccc(-c2n[nH]c(=S)o2)c1=O. The van der Waals surface area contributed by atoms with Gasteiger partial charge in [-0.3, -0.25) is 4.79 Å². The van der Waals surface area contributed by atoms with E-state index < -0.39 is 0 Å². The number of aromatic amines is 1. The van der Waals surface area contributed by atoms with Crippen LogP contribution in [0.25, 0.3) is 11.5 Å². The van der Waals surface area contributed by atoms with Crippen molar-refractivity contribution < 1.29 is 4.42 Å². The van der Waals surface area contributed by atoms with E-state index in [4.69, 9.17) is 16.6 Å². The molecule has 1 N–H and O–H groups in total. The van der Waals surface area contributed by atoms with E-state index in [0.717, 1.165) is 0 Å². The van der Waals surface area contributed by atoms with Crippen molar-refractivity contribution in [3.8, 4) is 11.5 Å². The van der Waals surface area contributed by atoms with Crippen molar-refractivity contribution in [2.75, 3.05) is 0 Å². The summed E-state index contributed by atoms with van der Waals surface area (Å²) in [7, 11) is 0. The number of hydrogen-bond donors (Lipinski definition) is 1. The number of nitrogens with zero attached hydrogens (tertiary/aromatic N) is 2. The quantitative estimate of drug-likeness (QED) is 0.849. The van der Waals surface area contributed by atoms with E-state index in [1.165, 1.54) is 0 Å². The van der Waals surface area contributed by atoms with Crippen LogP contribution in [0.3, 0.4) is 0 Å². The third kappa shape index (κ3) is 2.52. The first-order valence-electron chi connectivity index (χ1n) is 5.33. The van der Waals surface area contributed by atoms with Crippen molar-refractivity contribution in [2.45, 2.75) is 20.4 Å². The average molecular weight is 251 g/mol. The molecule has 2 rings (SSSR count). The number of hydrogen-bond acceptors (Lipinski definition) is 4. The van der Waals surface area contributed by atoms with E-state index in [0.29, 0.717) is 18.0 Å². The van der Waals surface area contributed by atoms with Gasteiger partial charge >= 0.3 is 0 Å². The summed E-state index contributed by atoms with van der Waals surface area (Å²) in [6, 6.07) is 3.47. The van der Waals surface area contributed by atoms with Gasteiger partial charge in [-0.25, -0.2) is 5.10 Å². The summed E-state index contributed by atoms with van der Waals surface area (Å²) in [5, 5.41) is 6.36. The van der Waals surface area contributed by atoms with Crippen LogP contribution in [0.5, 0.6) is 0 Å². The molecule has 5 nitrogen and oxygen atoms in total. The zero-order valence-corrected chi connectivity index (χ0v) is 10.5. The van der Waals surface area contributed by atoms with Crippen molar-refractivity contribution in [1.82, 2.24) is 14.8 Å². The van der Waals surface area contributed by atoms with Gasteiger partial charge in [0.25, 0.3) is 16.3 Å². The number of nitrogens with one attached hydrogen (secondary N) is 1. The second kappa shape index (κ2) is 4.67. The fourth-order valence-corrected chi connectivity index (χ4v) is 1.71. The standard InChI is InChI=1S/C11H13N3O2S/c1-7(2)6-14-5-3-4-8(10(14)15)9-12-13-11(17)16-9/h3-5,7H,6H2,1-2H3,(H,13,17). The van der Waals surface area contributed by atoms with Gasteiger partial charge in [-0.05, 0) is 30.3 Å². The van der Waals surface area contributed by atoms with Gasteiger partial charge in [0.2, 0.25) is 0 Å². The Morgan fingerprint density at radius 1 is 1.59 bits per heavy atom. The number of aromatic nitrogens is 3. The smallest absolute Gasteiger partial charge is 0.284 e. The Hall–Kier alpha value is -1.69. The van der Waals surface area contributed by atoms with Crippen LogP contribution in [-0.2, 0) is 6.54 Å². The predicted molar refractivity (Wildman–Crippen MR) is 66.2 cm³/mol. The van der Waals surface area contributed by atoms with Gasteiger partial charge < -0.3 is 8.98 Å². The van der Waals surface area contributed by atoms with Crippen LogP contribution in [0.2, 0.25) is 0 Å². The highest BCUT2D eigenvalue weighted by Gasteiger charge is 2.11. The lowest BCUT2D eigenvalue weighted by Gasteiger charge is -2.08. The molecular formula is C11H13N3O2S. The van der Waals surface area contributed by atoms with Gasteiger partial charge in [0.05, 0.1) is 0 Å². The summed E-state index contributed by atoms with van der Waals surface area (Å²) >= 11 is 4.79. The fourth-order valence-electron chi connectivity index (χ4n) is 1.58. The lowest BCUT2D eigenvalue weighted by molar-refractivity contribution is 0.508. The summed E-state index contributed by atoms with van der Waals surface area (Å²) in [6.07, 6.45) is 1.76. The molecule has 90 valence electrons. The van der Waals surface area contributed by atoms with E-state index in [1.54, 1.807) is 22.9 Å². The van der Waals surface area contributed by atoms with Crippen LogP contribution in [0.15, 0.2) is 27.5 Å². The van der Waals surface area contributed by atoms with Gasteiger partial charge in [0.15, 0.2) is 0 Å². The van der Waals surface area contributed by atoms with Crippen LogP contribution in [0.1, 0.15) is 13.8 Å². The van der Waals surface area contributed by atoms with Gasteiger partial charge in [-0.2, -0.15) is 0 Å². The molecule has 0 unspecified atom stereocenters. The third-order valence-corrected chi connectivity index (χ3v) is 2.43. The molecule has 0 aliphatic heterocycles. The first-order chi connectivity index (χ1) is 8.08. The maximum absolute atomic E-state index is 12.1. The Kier molecular flexibility index (Phi) is 3.23. The highest BCUT2D eigenvalue weighted by Crippen LogP contribution is 2.11.